The van der Waals surface area contributed by atoms with Gasteiger partial charge in [-0.2, -0.15) is 26.4 Å². The smallest absolute Gasteiger partial charge is 0.254 e. The van der Waals surface area contributed by atoms with Gasteiger partial charge in [0.15, 0.2) is 0 Å². The van der Waals surface area contributed by atoms with E-state index in [1.807, 2.05) is 48.2 Å². The molecule has 1 atom stereocenters. The monoisotopic (exact) mass is 299 g/mol. The van der Waals surface area contributed by atoms with Gasteiger partial charge in [-0.05, 0) is 13.2 Å². The van der Waals surface area contributed by atoms with Crippen LogP contribution in [0.15, 0.2) is 42.7 Å². The second kappa shape index (κ2) is 6.13. The summed E-state index contributed by atoms with van der Waals surface area (Å²) in [4.78, 5) is 8.78. The van der Waals surface area contributed by atoms with Gasteiger partial charge in [-0.25, -0.2) is 4.98 Å². The highest BCUT2D eigenvalue weighted by atomic mass is 32.2. The van der Waals surface area contributed by atoms with Crippen molar-refractivity contribution >= 4 is 23.4 Å². The lowest BCUT2D eigenvalue weighted by Crippen LogP contribution is -2.20. The Morgan fingerprint density at radius 2 is 2.10 bits per heavy atom. The van der Waals surface area contributed by atoms with Crippen molar-refractivity contribution in [1.29, 1.82) is 0 Å². The Balaban J connectivity index is 2.03. The summed E-state index contributed by atoms with van der Waals surface area (Å²) in [5, 5.41) is 7.72. The van der Waals surface area contributed by atoms with Gasteiger partial charge in [0.1, 0.15) is 12.1 Å². The third-order valence-electron chi connectivity index (χ3n) is 3.13. The zero-order chi connectivity index (χ0) is 14.7. The fourth-order valence-corrected chi connectivity index (χ4v) is 2.80. The van der Waals surface area contributed by atoms with Crippen molar-refractivity contribution in [3.8, 4) is 11.3 Å². The molecule has 0 spiro atoms. The number of hydrogen-bond acceptors (Lipinski definition) is 5. The van der Waals surface area contributed by atoms with Crippen molar-refractivity contribution in [2.75, 3.05) is 17.3 Å². The molecule has 0 aliphatic carbocycles. The van der Waals surface area contributed by atoms with Crippen LogP contribution in [0.1, 0.15) is 6.92 Å². The molecule has 1 N–H and O–H groups in total. The highest BCUT2D eigenvalue weighted by Crippen LogP contribution is 2.21. The molecule has 0 fully saturated rings. The van der Waals surface area contributed by atoms with Crippen LogP contribution >= 0.6 is 11.8 Å². The number of nitrogens with one attached hydrogen (secondary N) is 1. The summed E-state index contributed by atoms with van der Waals surface area (Å²) < 4.78 is 1.74. The Morgan fingerprint density at radius 3 is 2.86 bits per heavy atom. The molecule has 2 aromatic heterocycles. The molecule has 2 heterocycles. The number of aromatic nitrogens is 4. The van der Waals surface area contributed by atoms with E-state index in [1.165, 1.54) is 6.33 Å². The van der Waals surface area contributed by atoms with Crippen LogP contribution in [0.4, 0.5) is 5.82 Å². The number of anilines is 1. The summed E-state index contributed by atoms with van der Waals surface area (Å²) in [6, 6.07) is 12.5. The lowest BCUT2D eigenvalue weighted by atomic mass is 10.1. The summed E-state index contributed by atoms with van der Waals surface area (Å²) in [6.45, 7) is 2.15. The number of hydrogen-bond donors (Lipinski definition) is 1. The fraction of sp³-hybridized carbons (Fsp3) is 0.267. The summed E-state index contributed by atoms with van der Waals surface area (Å²) >= 11 is 1.81. The summed E-state index contributed by atoms with van der Waals surface area (Å²) in [5.41, 5.74) is 1.97. The maximum absolute atomic E-state index is 4.56. The predicted octanol–water partition coefficient (Wildman–Crippen LogP) is 2.95. The summed E-state index contributed by atoms with van der Waals surface area (Å²) in [5.74, 6) is 2.55. The maximum Gasteiger partial charge on any atom is 0.254 e. The van der Waals surface area contributed by atoms with Crippen LogP contribution in [0.2, 0.25) is 0 Å². The first kappa shape index (κ1) is 13.9. The Labute approximate surface area is 127 Å². The number of thioether (sulfide) groups is 1. The predicted molar refractivity (Wildman–Crippen MR) is 87.7 cm³/mol. The SMILES string of the molecule is CSCC(C)Nc1cc(-c2ccccc2)nc2ncnn12. The molecule has 0 radical (unpaired) electrons. The number of nitrogens with zero attached hydrogens (tertiary/aromatic N) is 4. The molecule has 0 amide bonds. The van der Waals surface area contributed by atoms with E-state index in [0.717, 1.165) is 22.8 Å². The molecule has 3 aromatic rings. The minimum Gasteiger partial charge on any atom is -0.367 e. The Kier molecular flexibility index (Phi) is 4.06. The molecule has 0 aliphatic heterocycles. The van der Waals surface area contributed by atoms with Crippen molar-refractivity contribution in [2.24, 2.45) is 0 Å². The molecule has 3 rings (SSSR count). The van der Waals surface area contributed by atoms with Gasteiger partial charge in [0.2, 0.25) is 0 Å². The van der Waals surface area contributed by atoms with E-state index in [0.29, 0.717) is 11.8 Å². The standard InChI is InChI=1S/C15H17N5S/c1-11(9-21-2)18-14-8-13(12-6-4-3-5-7-12)19-15-16-10-17-20(14)15/h3-8,10-11,18H,9H2,1-2H3. The van der Waals surface area contributed by atoms with Crippen LogP contribution in [0.25, 0.3) is 17.0 Å². The second-order valence-electron chi connectivity index (χ2n) is 4.87. The molecule has 108 valence electrons. The first-order valence-electron chi connectivity index (χ1n) is 6.79. The molecular weight excluding hydrogens is 282 g/mol. The van der Waals surface area contributed by atoms with Crippen molar-refractivity contribution < 1.29 is 0 Å². The first-order chi connectivity index (χ1) is 10.3. The van der Waals surface area contributed by atoms with Gasteiger partial charge >= 0.3 is 0 Å². The lowest BCUT2D eigenvalue weighted by Gasteiger charge is -2.15. The van der Waals surface area contributed by atoms with Crippen LogP contribution in [0.3, 0.4) is 0 Å². The molecule has 5 nitrogen and oxygen atoms in total. The highest BCUT2D eigenvalue weighted by Gasteiger charge is 2.11. The van der Waals surface area contributed by atoms with Crippen molar-refractivity contribution in [1.82, 2.24) is 19.6 Å². The molecular formula is C15H17N5S. The zero-order valence-corrected chi connectivity index (χ0v) is 12.8. The summed E-state index contributed by atoms with van der Waals surface area (Å²) in [6.07, 6.45) is 3.63. The van der Waals surface area contributed by atoms with E-state index in [4.69, 9.17) is 0 Å². The first-order valence-corrected chi connectivity index (χ1v) is 8.19. The number of benzene rings is 1. The van der Waals surface area contributed by atoms with Gasteiger partial charge in [0.05, 0.1) is 5.69 Å². The van der Waals surface area contributed by atoms with E-state index in [2.05, 4.69) is 33.6 Å². The molecule has 21 heavy (non-hydrogen) atoms. The van der Waals surface area contributed by atoms with Gasteiger partial charge in [-0.15, -0.1) is 0 Å². The van der Waals surface area contributed by atoms with Crippen LogP contribution in [-0.4, -0.2) is 37.6 Å². The van der Waals surface area contributed by atoms with Crippen LogP contribution in [0.5, 0.6) is 0 Å². The molecule has 6 heteroatoms. The van der Waals surface area contributed by atoms with Crippen molar-refractivity contribution in [3.63, 3.8) is 0 Å². The third kappa shape index (κ3) is 3.00. The normalized spacial score (nSPS) is 12.5. The third-order valence-corrected chi connectivity index (χ3v) is 3.97. The van der Waals surface area contributed by atoms with Gasteiger partial charge in [0, 0.05) is 23.4 Å². The minimum atomic E-state index is 0.346. The number of fused-ring (bicyclic) bond motifs is 1. The molecule has 1 unspecified atom stereocenters. The Bertz CT molecular complexity index is 725. The zero-order valence-electron chi connectivity index (χ0n) is 12.0. The van der Waals surface area contributed by atoms with Gasteiger partial charge in [0.25, 0.3) is 5.78 Å². The maximum atomic E-state index is 4.56. The molecule has 0 saturated heterocycles. The number of rotatable bonds is 5. The largest absolute Gasteiger partial charge is 0.367 e. The Hall–Kier alpha value is -2.08. The average Bonchev–Trinajstić information content (AvgIpc) is 2.97. The lowest BCUT2D eigenvalue weighted by molar-refractivity contribution is 0.860. The highest BCUT2D eigenvalue weighted by molar-refractivity contribution is 7.98. The second-order valence-corrected chi connectivity index (χ2v) is 5.78. The fourth-order valence-electron chi connectivity index (χ4n) is 2.22. The van der Waals surface area contributed by atoms with E-state index in [-0.39, 0.29) is 0 Å². The van der Waals surface area contributed by atoms with Gasteiger partial charge in [-0.3, -0.25) is 0 Å². The quantitative estimate of drug-likeness (QED) is 0.785. The molecule has 0 saturated carbocycles. The molecule has 1 aromatic carbocycles. The van der Waals surface area contributed by atoms with E-state index in [9.17, 15) is 0 Å². The summed E-state index contributed by atoms with van der Waals surface area (Å²) in [7, 11) is 0. The van der Waals surface area contributed by atoms with E-state index in [1.54, 1.807) is 4.52 Å². The molecule has 0 aliphatic rings. The Morgan fingerprint density at radius 1 is 1.29 bits per heavy atom. The average molecular weight is 299 g/mol. The van der Waals surface area contributed by atoms with Gasteiger partial charge in [-0.1, -0.05) is 30.3 Å². The topological polar surface area (TPSA) is 55.1 Å². The van der Waals surface area contributed by atoms with Crippen LogP contribution in [-0.2, 0) is 0 Å². The van der Waals surface area contributed by atoms with Crippen LogP contribution < -0.4 is 5.32 Å². The molecule has 0 bridgehead atoms. The van der Waals surface area contributed by atoms with Crippen molar-refractivity contribution in [3.05, 3.63) is 42.7 Å². The van der Waals surface area contributed by atoms with E-state index >= 15 is 0 Å². The minimum absolute atomic E-state index is 0.346. The van der Waals surface area contributed by atoms with Gasteiger partial charge < -0.3 is 5.32 Å². The van der Waals surface area contributed by atoms with Crippen molar-refractivity contribution in [2.45, 2.75) is 13.0 Å². The van der Waals surface area contributed by atoms with E-state index < -0.39 is 0 Å². The van der Waals surface area contributed by atoms with Crippen LogP contribution in [0, 0.1) is 0 Å².